The summed E-state index contributed by atoms with van der Waals surface area (Å²) >= 11 is 11.9. The highest BCUT2D eigenvalue weighted by Crippen LogP contribution is 2.30. The van der Waals surface area contributed by atoms with E-state index in [1.165, 1.54) is 6.07 Å². The molecule has 0 spiro atoms. The summed E-state index contributed by atoms with van der Waals surface area (Å²) in [6.07, 6.45) is 1.87. The van der Waals surface area contributed by atoms with Crippen LogP contribution in [0.25, 0.3) is 10.9 Å². The second-order valence-electron chi connectivity index (χ2n) is 6.70. The Morgan fingerprint density at radius 1 is 1.03 bits per heavy atom. The van der Waals surface area contributed by atoms with Gasteiger partial charge in [0, 0.05) is 33.9 Å². The first kappa shape index (κ1) is 20.9. The number of nitrogens with one attached hydrogen (secondary N) is 2. The van der Waals surface area contributed by atoms with Crippen LogP contribution in [0.4, 0.5) is 15.8 Å². The Bertz CT molecular complexity index is 1260. The zero-order valence-corrected chi connectivity index (χ0v) is 18.3. The molecular formula is C22H18Cl2FN3OS. The maximum absolute atomic E-state index is 14.2. The lowest BCUT2D eigenvalue weighted by atomic mass is 10.1. The van der Waals surface area contributed by atoms with Crippen molar-refractivity contribution < 1.29 is 8.60 Å². The van der Waals surface area contributed by atoms with Crippen LogP contribution in [0, 0.1) is 5.82 Å². The molecule has 0 saturated heterocycles. The van der Waals surface area contributed by atoms with E-state index in [0.29, 0.717) is 32.9 Å². The first-order chi connectivity index (χ1) is 14.5. The van der Waals surface area contributed by atoms with Crippen LogP contribution in [0.15, 0.2) is 71.8 Å². The van der Waals surface area contributed by atoms with Crippen LogP contribution in [-0.2, 0) is 17.5 Å². The summed E-state index contributed by atoms with van der Waals surface area (Å²) in [5.74, 6) is -0.448. The largest absolute Gasteiger partial charge is 0.353 e. The number of fused-ring (bicyclic) bond motifs is 1. The molecule has 0 aliphatic carbocycles. The number of halogens is 3. The van der Waals surface area contributed by atoms with Gasteiger partial charge in [0.15, 0.2) is 11.0 Å². The van der Waals surface area contributed by atoms with Crippen molar-refractivity contribution in [3.05, 3.63) is 88.3 Å². The molecule has 4 rings (SSSR count). The fourth-order valence-electron chi connectivity index (χ4n) is 3.25. The van der Waals surface area contributed by atoms with Crippen LogP contribution in [0.5, 0.6) is 0 Å². The Morgan fingerprint density at radius 3 is 2.57 bits per heavy atom. The molecule has 0 bridgehead atoms. The lowest BCUT2D eigenvalue weighted by Gasteiger charge is -2.10. The number of rotatable bonds is 6. The molecule has 154 valence electrons. The molecule has 4 nitrogen and oxygen atoms in total. The Balaban J connectivity index is 1.79. The molecule has 8 heteroatoms. The maximum atomic E-state index is 14.2. The normalized spacial score (nSPS) is 12.3. The van der Waals surface area contributed by atoms with E-state index in [-0.39, 0.29) is 0 Å². The third kappa shape index (κ3) is 4.23. The first-order valence-electron chi connectivity index (χ1n) is 9.15. The Morgan fingerprint density at radius 2 is 1.83 bits per heavy atom. The minimum atomic E-state index is -1.49. The zero-order valence-electron chi connectivity index (χ0n) is 16.0. The van der Waals surface area contributed by atoms with Gasteiger partial charge in [-0.15, -0.1) is 0 Å². The molecule has 0 amide bonds. The SMILES string of the molecule is CNCc1cn(S(=O)c2cccc(Cl)c2)c2cc(Nc3ccc(Cl)cc3F)ccc12. The number of anilines is 2. The highest BCUT2D eigenvalue weighted by Gasteiger charge is 2.15. The molecule has 1 aromatic heterocycles. The second-order valence-corrected chi connectivity index (χ2v) is 8.93. The highest BCUT2D eigenvalue weighted by atomic mass is 35.5. The van der Waals surface area contributed by atoms with E-state index in [1.54, 1.807) is 40.4 Å². The zero-order chi connectivity index (χ0) is 21.3. The van der Waals surface area contributed by atoms with Gasteiger partial charge in [0.05, 0.1) is 16.1 Å². The molecule has 3 aromatic carbocycles. The fourth-order valence-corrected chi connectivity index (χ4v) is 4.86. The molecular weight excluding hydrogens is 444 g/mol. The van der Waals surface area contributed by atoms with E-state index in [2.05, 4.69) is 10.6 Å². The number of hydrogen-bond acceptors (Lipinski definition) is 3. The number of benzene rings is 3. The second kappa shape index (κ2) is 8.78. The maximum Gasteiger partial charge on any atom is 0.157 e. The van der Waals surface area contributed by atoms with Gasteiger partial charge in [-0.05, 0) is 61.1 Å². The molecule has 0 radical (unpaired) electrons. The van der Waals surface area contributed by atoms with Gasteiger partial charge in [-0.1, -0.05) is 35.3 Å². The van der Waals surface area contributed by atoms with Crippen LogP contribution in [0.1, 0.15) is 5.56 Å². The van der Waals surface area contributed by atoms with E-state index >= 15 is 0 Å². The highest BCUT2D eigenvalue weighted by molar-refractivity contribution is 7.83. The Kier molecular flexibility index (Phi) is 6.11. The van der Waals surface area contributed by atoms with Crippen LogP contribution in [0.3, 0.4) is 0 Å². The van der Waals surface area contributed by atoms with Crippen molar-refractivity contribution in [1.82, 2.24) is 9.29 Å². The van der Waals surface area contributed by atoms with Gasteiger partial charge in [-0.3, -0.25) is 3.97 Å². The molecule has 1 unspecified atom stereocenters. The van der Waals surface area contributed by atoms with Crippen molar-refractivity contribution in [2.75, 3.05) is 12.4 Å². The third-order valence-electron chi connectivity index (χ3n) is 4.61. The molecule has 1 heterocycles. The predicted octanol–water partition coefficient (Wildman–Crippen LogP) is 6.12. The standard InChI is InChI=1S/C22H18Cl2FN3OS/c1-26-12-14-13-28(30(29)18-4-2-3-15(23)9-18)22-11-17(6-7-19(14)22)27-21-8-5-16(24)10-20(21)25/h2-11,13,26-27H,12H2,1H3. The number of nitrogens with zero attached hydrogens (tertiary/aromatic N) is 1. The van der Waals surface area contributed by atoms with E-state index in [0.717, 1.165) is 16.5 Å². The quantitative estimate of drug-likeness (QED) is 0.363. The molecule has 1 atom stereocenters. The van der Waals surface area contributed by atoms with Gasteiger partial charge < -0.3 is 10.6 Å². The molecule has 0 aliphatic heterocycles. The van der Waals surface area contributed by atoms with Crippen LogP contribution >= 0.6 is 23.2 Å². The molecule has 30 heavy (non-hydrogen) atoms. The smallest absolute Gasteiger partial charge is 0.157 e. The van der Waals surface area contributed by atoms with Crippen molar-refractivity contribution >= 4 is 56.5 Å². The van der Waals surface area contributed by atoms with Gasteiger partial charge in [-0.25, -0.2) is 8.60 Å². The van der Waals surface area contributed by atoms with E-state index in [4.69, 9.17) is 23.2 Å². The van der Waals surface area contributed by atoms with E-state index < -0.39 is 16.8 Å². The van der Waals surface area contributed by atoms with Gasteiger partial charge in [0.2, 0.25) is 0 Å². The average molecular weight is 462 g/mol. The van der Waals surface area contributed by atoms with Crippen molar-refractivity contribution in [3.8, 4) is 0 Å². The molecule has 0 fully saturated rings. The summed E-state index contributed by atoms with van der Waals surface area (Å²) in [5.41, 5.74) is 2.75. The van der Waals surface area contributed by atoms with Gasteiger partial charge in [0.1, 0.15) is 5.82 Å². The van der Waals surface area contributed by atoms with Crippen molar-refractivity contribution in [2.24, 2.45) is 0 Å². The van der Waals surface area contributed by atoms with Gasteiger partial charge >= 0.3 is 0 Å². The molecule has 2 N–H and O–H groups in total. The fraction of sp³-hybridized carbons (Fsp3) is 0.0909. The third-order valence-corrected chi connectivity index (χ3v) is 6.39. The average Bonchev–Trinajstić information content (AvgIpc) is 3.08. The number of hydrogen-bond donors (Lipinski definition) is 2. The van der Waals surface area contributed by atoms with Crippen molar-refractivity contribution in [3.63, 3.8) is 0 Å². The monoisotopic (exact) mass is 461 g/mol. The summed E-state index contributed by atoms with van der Waals surface area (Å²) < 4.78 is 29.2. The summed E-state index contributed by atoms with van der Waals surface area (Å²) in [7, 11) is 0.366. The van der Waals surface area contributed by atoms with Gasteiger partial charge in [-0.2, -0.15) is 0 Å². The molecule has 0 saturated carbocycles. The lowest BCUT2D eigenvalue weighted by Crippen LogP contribution is -2.05. The topological polar surface area (TPSA) is 46.1 Å². The Labute approximate surface area is 186 Å². The minimum absolute atomic E-state index is 0.309. The van der Waals surface area contributed by atoms with Crippen LogP contribution < -0.4 is 10.6 Å². The Hall–Kier alpha value is -2.38. The van der Waals surface area contributed by atoms with Crippen molar-refractivity contribution in [1.29, 1.82) is 0 Å². The minimum Gasteiger partial charge on any atom is -0.353 e. The van der Waals surface area contributed by atoms with Crippen molar-refractivity contribution in [2.45, 2.75) is 11.4 Å². The first-order valence-corrected chi connectivity index (χ1v) is 11.0. The van der Waals surface area contributed by atoms with Crippen LogP contribution in [0.2, 0.25) is 10.0 Å². The summed E-state index contributed by atoms with van der Waals surface area (Å²) in [4.78, 5) is 0.595. The van der Waals surface area contributed by atoms with E-state index in [1.807, 2.05) is 31.4 Å². The van der Waals surface area contributed by atoms with Gasteiger partial charge in [0.25, 0.3) is 0 Å². The summed E-state index contributed by atoms with van der Waals surface area (Å²) in [6, 6.07) is 17.1. The van der Waals surface area contributed by atoms with E-state index in [9.17, 15) is 8.60 Å². The number of aromatic nitrogens is 1. The molecule has 0 aliphatic rings. The van der Waals surface area contributed by atoms with Crippen LogP contribution in [-0.4, -0.2) is 15.2 Å². The summed E-state index contributed by atoms with van der Waals surface area (Å²) in [5, 5.41) is 8.01. The molecule has 4 aromatic rings. The predicted molar refractivity (Wildman–Crippen MR) is 123 cm³/mol. The lowest BCUT2D eigenvalue weighted by molar-refractivity contribution is 0.632. The summed E-state index contributed by atoms with van der Waals surface area (Å²) in [6.45, 7) is 0.620.